The standard InChI is InChI=1S/C17H31N5O2/c1-4-6-9-23-10-7-19-17(18-5-2)22-8-11-24-16(14-22)15-12-20-21(3)13-15/h12-13,16H,4-11,14H2,1-3H3,(H,18,19). The predicted molar refractivity (Wildman–Crippen MR) is 95.2 cm³/mol. The molecular formula is C17H31N5O2. The number of aromatic nitrogens is 2. The third-order valence-electron chi connectivity index (χ3n) is 3.94. The van der Waals surface area contributed by atoms with Crippen LogP contribution in [-0.2, 0) is 16.5 Å². The van der Waals surface area contributed by atoms with Gasteiger partial charge < -0.3 is 19.7 Å². The van der Waals surface area contributed by atoms with Crippen molar-refractivity contribution in [1.29, 1.82) is 0 Å². The second-order valence-electron chi connectivity index (χ2n) is 5.95. The molecule has 0 amide bonds. The van der Waals surface area contributed by atoms with Crippen molar-refractivity contribution >= 4 is 5.96 Å². The van der Waals surface area contributed by atoms with Gasteiger partial charge >= 0.3 is 0 Å². The Labute approximate surface area is 145 Å². The van der Waals surface area contributed by atoms with Crippen molar-refractivity contribution in [1.82, 2.24) is 20.0 Å². The van der Waals surface area contributed by atoms with Crippen molar-refractivity contribution in [2.75, 3.05) is 46.0 Å². The molecule has 136 valence electrons. The van der Waals surface area contributed by atoms with Crippen LogP contribution in [0.25, 0.3) is 0 Å². The third kappa shape index (κ3) is 5.79. The molecule has 0 aromatic carbocycles. The smallest absolute Gasteiger partial charge is 0.194 e. The van der Waals surface area contributed by atoms with Gasteiger partial charge in [0, 0.05) is 38.5 Å². The Morgan fingerprint density at radius 3 is 3.04 bits per heavy atom. The Morgan fingerprint density at radius 1 is 1.46 bits per heavy atom. The van der Waals surface area contributed by atoms with Crippen LogP contribution < -0.4 is 5.32 Å². The van der Waals surface area contributed by atoms with Crippen molar-refractivity contribution in [3.8, 4) is 0 Å². The van der Waals surface area contributed by atoms with E-state index in [1.165, 1.54) is 0 Å². The summed E-state index contributed by atoms with van der Waals surface area (Å²) in [5, 5.41) is 7.61. The molecule has 1 aromatic rings. The number of nitrogens with zero attached hydrogens (tertiary/aromatic N) is 4. The van der Waals surface area contributed by atoms with Gasteiger partial charge in [0.05, 0.1) is 32.5 Å². The summed E-state index contributed by atoms with van der Waals surface area (Å²) in [4.78, 5) is 6.96. The Hall–Kier alpha value is -1.60. The van der Waals surface area contributed by atoms with Crippen LogP contribution in [0.3, 0.4) is 0 Å². The van der Waals surface area contributed by atoms with Crippen molar-refractivity contribution in [2.45, 2.75) is 32.8 Å². The van der Waals surface area contributed by atoms with Gasteiger partial charge in [-0.05, 0) is 13.3 Å². The van der Waals surface area contributed by atoms with Crippen LogP contribution >= 0.6 is 0 Å². The summed E-state index contributed by atoms with van der Waals surface area (Å²) in [6, 6.07) is 0. The molecule has 7 heteroatoms. The molecule has 1 aliphatic heterocycles. The van der Waals surface area contributed by atoms with Gasteiger partial charge in [-0.1, -0.05) is 13.3 Å². The van der Waals surface area contributed by atoms with E-state index in [0.29, 0.717) is 19.8 Å². The minimum Gasteiger partial charge on any atom is -0.380 e. The molecule has 1 N–H and O–H groups in total. The van der Waals surface area contributed by atoms with Crippen molar-refractivity contribution in [3.63, 3.8) is 0 Å². The summed E-state index contributed by atoms with van der Waals surface area (Å²) in [5.74, 6) is 0.939. The molecule has 7 nitrogen and oxygen atoms in total. The zero-order chi connectivity index (χ0) is 17.2. The molecule has 2 heterocycles. The molecule has 0 aliphatic carbocycles. The highest BCUT2D eigenvalue weighted by Crippen LogP contribution is 2.21. The highest BCUT2D eigenvalue weighted by Gasteiger charge is 2.25. The first-order valence-electron chi connectivity index (χ1n) is 8.95. The number of ether oxygens (including phenoxy) is 2. The minimum absolute atomic E-state index is 0.0390. The largest absolute Gasteiger partial charge is 0.380 e. The van der Waals surface area contributed by atoms with Crippen LogP contribution in [0.1, 0.15) is 38.4 Å². The van der Waals surface area contributed by atoms with Gasteiger partial charge in [0.25, 0.3) is 0 Å². The van der Waals surface area contributed by atoms with Gasteiger partial charge in [0.2, 0.25) is 0 Å². The summed E-state index contributed by atoms with van der Waals surface area (Å²) in [6.45, 7) is 9.61. The van der Waals surface area contributed by atoms with Gasteiger partial charge in [-0.2, -0.15) is 5.10 Å². The fraction of sp³-hybridized carbons (Fsp3) is 0.765. The lowest BCUT2D eigenvalue weighted by Crippen LogP contribution is -2.48. The number of unbranched alkanes of at least 4 members (excludes halogenated alkanes) is 1. The number of aryl methyl sites for hydroxylation is 1. The molecule has 0 spiro atoms. The molecule has 1 fully saturated rings. The summed E-state index contributed by atoms with van der Waals surface area (Å²) < 4.78 is 13.3. The minimum atomic E-state index is 0.0390. The molecular weight excluding hydrogens is 306 g/mol. The zero-order valence-corrected chi connectivity index (χ0v) is 15.2. The van der Waals surface area contributed by atoms with E-state index in [1.807, 2.05) is 24.1 Å². The monoisotopic (exact) mass is 337 g/mol. The van der Waals surface area contributed by atoms with Crippen molar-refractivity contribution in [2.24, 2.45) is 12.0 Å². The van der Waals surface area contributed by atoms with E-state index in [2.05, 4.69) is 29.2 Å². The SMILES string of the molecule is CCCCOCCN=C(NCC)N1CCOC(c2cnn(C)c2)C1. The number of guanidine groups is 1. The van der Waals surface area contributed by atoms with Crippen LogP contribution in [0, 0.1) is 0 Å². The first kappa shape index (κ1) is 18.7. The van der Waals surface area contributed by atoms with Crippen LogP contribution in [0.4, 0.5) is 0 Å². The van der Waals surface area contributed by atoms with E-state index in [4.69, 9.17) is 14.5 Å². The van der Waals surface area contributed by atoms with Gasteiger partial charge in [0.1, 0.15) is 6.10 Å². The maximum Gasteiger partial charge on any atom is 0.194 e. The number of morpholine rings is 1. The van der Waals surface area contributed by atoms with E-state index < -0.39 is 0 Å². The number of hydrogen-bond acceptors (Lipinski definition) is 4. The van der Waals surface area contributed by atoms with Crippen LogP contribution in [0.2, 0.25) is 0 Å². The predicted octanol–water partition coefficient (Wildman–Crippen LogP) is 1.58. The van der Waals surface area contributed by atoms with Crippen molar-refractivity contribution < 1.29 is 9.47 Å². The number of rotatable bonds is 8. The van der Waals surface area contributed by atoms with E-state index >= 15 is 0 Å². The van der Waals surface area contributed by atoms with Crippen molar-refractivity contribution in [3.05, 3.63) is 18.0 Å². The average molecular weight is 337 g/mol. The maximum atomic E-state index is 5.90. The van der Waals surface area contributed by atoms with E-state index in [-0.39, 0.29) is 6.10 Å². The fourth-order valence-corrected chi connectivity index (χ4v) is 2.64. The lowest BCUT2D eigenvalue weighted by atomic mass is 10.1. The Kier molecular flexibility index (Phi) is 8.04. The highest BCUT2D eigenvalue weighted by molar-refractivity contribution is 5.80. The molecule has 1 unspecified atom stereocenters. The van der Waals surface area contributed by atoms with Gasteiger partial charge in [-0.3, -0.25) is 9.67 Å². The summed E-state index contributed by atoms with van der Waals surface area (Å²) >= 11 is 0. The summed E-state index contributed by atoms with van der Waals surface area (Å²) in [5.41, 5.74) is 1.11. The lowest BCUT2D eigenvalue weighted by molar-refractivity contribution is -0.00808. The molecule has 0 radical (unpaired) electrons. The molecule has 1 aliphatic rings. The van der Waals surface area contributed by atoms with Crippen LogP contribution in [0.15, 0.2) is 17.4 Å². The van der Waals surface area contributed by atoms with E-state index in [9.17, 15) is 0 Å². The molecule has 1 aromatic heterocycles. The third-order valence-corrected chi connectivity index (χ3v) is 3.94. The second kappa shape index (κ2) is 10.3. The first-order chi connectivity index (χ1) is 11.7. The van der Waals surface area contributed by atoms with Crippen LogP contribution in [-0.4, -0.2) is 66.6 Å². The normalized spacial score (nSPS) is 18.9. The highest BCUT2D eigenvalue weighted by atomic mass is 16.5. The summed E-state index contributed by atoms with van der Waals surface area (Å²) in [7, 11) is 1.92. The van der Waals surface area contributed by atoms with Crippen LogP contribution in [0.5, 0.6) is 0 Å². The zero-order valence-electron chi connectivity index (χ0n) is 15.2. The topological polar surface area (TPSA) is 63.9 Å². The van der Waals surface area contributed by atoms with E-state index in [0.717, 1.165) is 50.6 Å². The Morgan fingerprint density at radius 2 is 2.33 bits per heavy atom. The molecule has 24 heavy (non-hydrogen) atoms. The number of nitrogens with one attached hydrogen (secondary N) is 1. The molecule has 2 rings (SSSR count). The molecule has 0 saturated carbocycles. The molecule has 1 atom stereocenters. The van der Waals surface area contributed by atoms with Gasteiger partial charge in [0.15, 0.2) is 5.96 Å². The first-order valence-corrected chi connectivity index (χ1v) is 8.95. The number of aliphatic imine (C=N–C) groups is 1. The maximum absolute atomic E-state index is 5.90. The molecule has 0 bridgehead atoms. The quantitative estimate of drug-likeness (QED) is 0.443. The number of hydrogen-bond donors (Lipinski definition) is 1. The second-order valence-corrected chi connectivity index (χ2v) is 5.95. The van der Waals surface area contributed by atoms with Gasteiger partial charge in [-0.15, -0.1) is 0 Å². The Bertz CT molecular complexity index is 503. The lowest BCUT2D eigenvalue weighted by Gasteiger charge is -2.34. The molecule has 1 saturated heterocycles. The fourth-order valence-electron chi connectivity index (χ4n) is 2.64. The Balaban J connectivity index is 1.88. The van der Waals surface area contributed by atoms with E-state index in [1.54, 1.807) is 0 Å². The summed E-state index contributed by atoms with van der Waals surface area (Å²) in [6.07, 6.45) is 6.20. The average Bonchev–Trinajstić information content (AvgIpc) is 3.03. The van der Waals surface area contributed by atoms with Gasteiger partial charge in [-0.25, -0.2) is 0 Å².